The average Bonchev–Trinajstić information content (AvgIpc) is 3.30. The lowest BCUT2D eigenvalue weighted by Gasteiger charge is -2.35. The number of hydrogen-bond donors (Lipinski definition) is 3. The summed E-state index contributed by atoms with van der Waals surface area (Å²) in [4.78, 5) is 18.9. The Bertz CT molecular complexity index is 1280. The van der Waals surface area contributed by atoms with Crippen LogP contribution in [-0.4, -0.2) is 43.7 Å². The lowest BCUT2D eigenvalue weighted by molar-refractivity contribution is -0.146. The lowest BCUT2D eigenvalue weighted by Crippen LogP contribution is -2.43. The highest BCUT2D eigenvalue weighted by molar-refractivity contribution is 6.30. The number of carbonyl (C=O) groups is 1. The number of pyridine rings is 1. The number of nitrogens with one attached hydrogen (secondary N) is 2. The van der Waals surface area contributed by atoms with Gasteiger partial charge in [-0.1, -0.05) is 23.7 Å². The molecule has 0 amide bonds. The Balaban J connectivity index is 1.35. The van der Waals surface area contributed by atoms with Gasteiger partial charge in [0.2, 0.25) is 0 Å². The third kappa shape index (κ3) is 4.16. The molecule has 3 heterocycles. The highest BCUT2D eigenvalue weighted by Crippen LogP contribution is 2.67. The van der Waals surface area contributed by atoms with Crippen LogP contribution in [0.25, 0.3) is 0 Å². The fourth-order valence-corrected chi connectivity index (χ4v) is 5.97. The Kier molecular flexibility index (Phi) is 6.01. The van der Waals surface area contributed by atoms with Gasteiger partial charge in [-0.2, -0.15) is 5.10 Å². The van der Waals surface area contributed by atoms with Gasteiger partial charge in [0.25, 0.3) is 0 Å². The Morgan fingerprint density at radius 2 is 2.11 bits per heavy atom. The molecule has 0 spiro atoms. The van der Waals surface area contributed by atoms with Crippen LogP contribution < -0.4 is 5.32 Å². The number of hydrogen-bond acceptors (Lipinski definition) is 5. The van der Waals surface area contributed by atoms with Gasteiger partial charge in [0.1, 0.15) is 17.5 Å². The summed E-state index contributed by atoms with van der Waals surface area (Å²) in [5, 5.41) is 20.2. The number of nitrogens with zero attached hydrogens (tertiary/aromatic N) is 3. The summed E-state index contributed by atoms with van der Waals surface area (Å²) in [6.07, 6.45) is 0.623. The molecule has 7 nitrogen and oxygen atoms in total. The number of carboxylic acid groups (broad SMARTS) is 1. The third-order valence-corrected chi connectivity index (χ3v) is 7.88. The molecule has 184 valence electrons. The highest BCUT2D eigenvalue weighted by atomic mass is 35.5. The summed E-state index contributed by atoms with van der Waals surface area (Å²) in [7, 11) is 0. The van der Waals surface area contributed by atoms with Crippen molar-refractivity contribution >= 4 is 29.2 Å². The number of carboxylic acids is 1. The molecule has 3 N–H and O–H groups in total. The minimum absolute atomic E-state index is 0.0661. The smallest absolute Gasteiger partial charge is 0.310 e. The van der Waals surface area contributed by atoms with Crippen molar-refractivity contribution in [2.45, 2.75) is 39.3 Å². The fraction of sp³-hybridized carbons (Fsp3) is 0.400. The summed E-state index contributed by atoms with van der Waals surface area (Å²) in [5.41, 5.74) is 0.641. The van der Waals surface area contributed by atoms with E-state index in [2.05, 4.69) is 25.4 Å². The van der Waals surface area contributed by atoms with E-state index in [1.165, 1.54) is 18.2 Å². The first kappa shape index (κ1) is 23.7. The predicted octanol–water partition coefficient (Wildman–Crippen LogP) is 4.94. The summed E-state index contributed by atoms with van der Waals surface area (Å²) in [5.74, 6) is -1.25. The molecular weight excluding hydrogens is 476 g/mol. The molecule has 2 aliphatic rings. The molecule has 3 aromatic rings. The molecule has 0 bridgehead atoms. The van der Waals surface area contributed by atoms with Crippen molar-refractivity contribution < 1.29 is 18.7 Å². The number of aromatic amines is 1. The van der Waals surface area contributed by atoms with E-state index < -0.39 is 23.0 Å². The largest absolute Gasteiger partial charge is 0.481 e. The molecule has 35 heavy (non-hydrogen) atoms. The molecule has 1 aliphatic heterocycles. The highest BCUT2D eigenvalue weighted by Gasteiger charge is 2.72. The van der Waals surface area contributed by atoms with Gasteiger partial charge in [0, 0.05) is 29.9 Å². The monoisotopic (exact) mass is 501 g/mol. The summed E-state index contributed by atoms with van der Waals surface area (Å²) in [6.45, 7) is 4.67. The van der Waals surface area contributed by atoms with Gasteiger partial charge >= 0.3 is 5.97 Å². The van der Waals surface area contributed by atoms with Crippen LogP contribution >= 0.6 is 11.6 Å². The first-order chi connectivity index (χ1) is 16.7. The maximum Gasteiger partial charge on any atom is 0.310 e. The number of piperidine rings is 1. The molecule has 2 aromatic heterocycles. The first-order valence-electron chi connectivity index (χ1n) is 11.6. The minimum atomic E-state index is -0.931. The number of halogens is 3. The predicted molar refractivity (Wildman–Crippen MR) is 127 cm³/mol. The zero-order chi connectivity index (χ0) is 24.9. The van der Waals surface area contributed by atoms with Crippen LogP contribution in [0.4, 0.5) is 20.4 Å². The molecule has 2 unspecified atom stereocenters. The number of benzene rings is 1. The van der Waals surface area contributed by atoms with Crippen molar-refractivity contribution in [1.29, 1.82) is 0 Å². The quantitative estimate of drug-likeness (QED) is 0.424. The number of anilines is 2. The normalized spacial score (nSPS) is 25.8. The van der Waals surface area contributed by atoms with Crippen molar-refractivity contribution in [1.82, 2.24) is 20.1 Å². The van der Waals surface area contributed by atoms with Gasteiger partial charge < -0.3 is 10.4 Å². The standard InChI is InChI=1S/C25H26ClF2N5O2/c1-13-10-21(32-31-13)30-20-7-6-18(27)19(29-20)11-16-22-14(2)33(9-8-25(16,22)24(34)35)12-15-4-3-5-17(26)23(15)28/h3-7,10,14,16,22H,8-9,11-12H2,1-2H3,(H,34,35)(H2,29,30,31,32)/t14-,16?,22?,25+/m1/s1. The van der Waals surface area contributed by atoms with E-state index in [-0.39, 0.29) is 35.0 Å². The van der Waals surface area contributed by atoms with Crippen LogP contribution in [-0.2, 0) is 17.8 Å². The Labute approximate surface area is 206 Å². The van der Waals surface area contributed by atoms with Gasteiger partial charge in [-0.3, -0.25) is 14.8 Å². The fourth-order valence-electron chi connectivity index (χ4n) is 5.78. The van der Waals surface area contributed by atoms with Crippen LogP contribution in [0, 0.1) is 35.8 Å². The maximum atomic E-state index is 14.7. The van der Waals surface area contributed by atoms with Crippen molar-refractivity contribution in [3.63, 3.8) is 0 Å². The van der Waals surface area contributed by atoms with Crippen LogP contribution in [0.15, 0.2) is 36.4 Å². The van der Waals surface area contributed by atoms with Crippen molar-refractivity contribution in [3.05, 3.63) is 70.0 Å². The van der Waals surface area contributed by atoms with E-state index >= 15 is 0 Å². The van der Waals surface area contributed by atoms with Crippen LogP contribution in [0.5, 0.6) is 0 Å². The second kappa shape index (κ2) is 8.87. The summed E-state index contributed by atoms with van der Waals surface area (Å²) < 4.78 is 29.2. The Hall–Kier alpha value is -3.04. The zero-order valence-electron chi connectivity index (χ0n) is 19.4. The molecular formula is C25H26ClF2N5O2. The van der Waals surface area contributed by atoms with E-state index in [1.54, 1.807) is 18.2 Å². The SMILES string of the molecule is Cc1cc(Nc2ccc(F)c(CC3C4[C@@H](C)N(Cc5cccc(Cl)c5F)CC[C@]34C(=O)O)n2)n[nH]1. The van der Waals surface area contributed by atoms with E-state index in [0.717, 1.165) is 5.69 Å². The second-order valence-corrected chi connectivity index (χ2v) is 9.95. The molecule has 1 saturated heterocycles. The van der Waals surface area contributed by atoms with E-state index in [1.807, 2.05) is 13.8 Å². The zero-order valence-corrected chi connectivity index (χ0v) is 20.1. The van der Waals surface area contributed by atoms with Gasteiger partial charge in [0.05, 0.1) is 16.1 Å². The topological polar surface area (TPSA) is 94.1 Å². The number of rotatable bonds is 7. The van der Waals surface area contributed by atoms with Crippen LogP contribution in [0.2, 0.25) is 5.02 Å². The van der Waals surface area contributed by atoms with Crippen molar-refractivity contribution in [2.24, 2.45) is 17.3 Å². The molecule has 0 radical (unpaired) electrons. The van der Waals surface area contributed by atoms with Gasteiger partial charge in [-0.25, -0.2) is 13.8 Å². The molecule has 4 atom stereocenters. The van der Waals surface area contributed by atoms with Crippen LogP contribution in [0.1, 0.15) is 30.3 Å². The number of aliphatic carboxylic acids is 1. The number of fused-ring (bicyclic) bond motifs is 1. The van der Waals surface area contributed by atoms with Crippen molar-refractivity contribution in [2.75, 3.05) is 11.9 Å². The molecule has 2 fully saturated rings. The Morgan fingerprint density at radius 3 is 2.83 bits per heavy atom. The molecule has 1 saturated carbocycles. The molecule has 1 aliphatic carbocycles. The molecule has 1 aromatic carbocycles. The van der Waals surface area contributed by atoms with Gasteiger partial charge in [0.15, 0.2) is 5.82 Å². The van der Waals surface area contributed by atoms with Crippen LogP contribution in [0.3, 0.4) is 0 Å². The number of likely N-dealkylation sites (tertiary alicyclic amines) is 1. The maximum absolute atomic E-state index is 14.7. The summed E-state index contributed by atoms with van der Waals surface area (Å²) in [6, 6.07) is 9.44. The van der Waals surface area contributed by atoms with E-state index in [9.17, 15) is 18.7 Å². The third-order valence-electron chi connectivity index (χ3n) is 7.59. The lowest BCUT2D eigenvalue weighted by atomic mass is 9.90. The summed E-state index contributed by atoms with van der Waals surface area (Å²) >= 11 is 5.94. The number of aryl methyl sites for hydroxylation is 1. The van der Waals surface area contributed by atoms with Gasteiger partial charge in [-0.05, 0) is 63.3 Å². The number of aromatic nitrogens is 3. The Morgan fingerprint density at radius 1 is 1.31 bits per heavy atom. The van der Waals surface area contributed by atoms with E-state index in [0.29, 0.717) is 36.7 Å². The first-order valence-corrected chi connectivity index (χ1v) is 11.9. The number of H-pyrrole nitrogens is 1. The van der Waals surface area contributed by atoms with E-state index in [4.69, 9.17) is 11.6 Å². The van der Waals surface area contributed by atoms with Crippen molar-refractivity contribution in [3.8, 4) is 0 Å². The molecule has 10 heteroatoms. The van der Waals surface area contributed by atoms with Gasteiger partial charge in [-0.15, -0.1) is 0 Å². The molecule has 5 rings (SSSR count). The average molecular weight is 502 g/mol. The minimum Gasteiger partial charge on any atom is -0.481 e. The second-order valence-electron chi connectivity index (χ2n) is 9.54.